The van der Waals surface area contributed by atoms with Gasteiger partial charge in [-0.2, -0.15) is 13.2 Å². The van der Waals surface area contributed by atoms with Crippen molar-refractivity contribution < 1.29 is 22.7 Å². The molecule has 1 saturated heterocycles. The van der Waals surface area contributed by atoms with E-state index in [1.54, 1.807) is 29.2 Å². The van der Waals surface area contributed by atoms with Gasteiger partial charge < -0.3 is 20.3 Å². The highest BCUT2D eigenvalue weighted by Crippen LogP contribution is 2.29. The normalized spacial score (nSPS) is 15.2. The van der Waals surface area contributed by atoms with Gasteiger partial charge in [0.25, 0.3) is 0 Å². The van der Waals surface area contributed by atoms with Crippen LogP contribution in [0, 0.1) is 0 Å². The molecule has 1 aliphatic rings. The summed E-state index contributed by atoms with van der Waals surface area (Å²) >= 11 is 0. The van der Waals surface area contributed by atoms with Crippen LogP contribution in [-0.2, 0) is 6.18 Å². The Bertz CT molecular complexity index is 823. The molecule has 0 aliphatic carbocycles. The lowest BCUT2D eigenvalue weighted by molar-refractivity contribution is -0.141. The number of carbonyl (C=O) groups is 1. The van der Waals surface area contributed by atoms with Crippen molar-refractivity contribution in [1.82, 2.24) is 15.3 Å². The predicted molar refractivity (Wildman–Crippen MR) is 97.4 cm³/mol. The Morgan fingerprint density at radius 1 is 1.21 bits per heavy atom. The van der Waals surface area contributed by atoms with Crippen LogP contribution in [0.1, 0.15) is 18.5 Å². The van der Waals surface area contributed by atoms with Crippen LogP contribution >= 0.6 is 0 Å². The van der Waals surface area contributed by atoms with Gasteiger partial charge in [0.05, 0.1) is 12.8 Å². The third-order valence-electron chi connectivity index (χ3n) is 4.45. The van der Waals surface area contributed by atoms with Gasteiger partial charge in [-0.1, -0.05) is 12.1 Å². The Morgan fingerprint density at radius 3 is 2.61 bits per heavy atom. The number of rotatable bonds is 4. The summed E-state index contributed by atoms with van der Waals surface area (Å²) in [6, 6.07) is 7.56. The number of piperidine rings is 1. The molecule has 0 saturated carbocycles. The maximum atomic E-state index is 12.8. The molecule has 7 nitrogen and oxygen atoms in total. The van der Waals surface area contributed by atoms with E-state index in [2.05, 4.69) is 20.6 Å². The van der Waals surface area contributed by atoms with Crippen molar-refractivity contribution in [2.75, 3.05) is 30.4 Å². The summed E-state index contributed by atoms with van der Waals surface area (Å²) in [6.07, 6.45) is -2.41. The van der Waals surface area contributed by atoms with Gasteiger partial charge in [-0.25, -0.2) is 14.8 Å². The minimum absolute atomic E-state index is 0.0881. The molecule has 2 N–H and O–H groups in total. The van der Waals surface area contributed by atoms with Crippen LogP contribution in [0.25, 0.3) is 0 Å². The second-order valence-corrected chi connectivity index (χ2v) is 6.32. The van der Waals surface area contributed by atoms with E-state index in [1.165, 1.54) is 7.11 Å². The highest BCUT2D eigenvalue weighted by Gasteiger charge is 2.33. The first kappa shape index (κ1) is 19.7. The number of amides is 2. The third kappa shape index (κ3) is 4.81. The zero-order chi connectivity index (χ0) is 20.1. The highest BCUT2D eigenvalue weighted by molar-refractivity contribution is 5.91. The molecule has 0 bridgehead atoms. The SMILES string of the molecule is COc1ccccc1NC(=O)NC1CCN(c2cc(C(F)(F)F)ncn2)CC1. The Balaban J connectivity index is 1.54. The maximum absolute atomic E-state index is 12.8. The molecule has 0 atom stereocenters. The van der Waals surface area contributed by atoms with Gasteiger partial charge >= 0.3 is 12.2 Å². The van der Waals surface area contributed by atoms with Crippen molar-refractivity contribution in [3.8, 4) is 5.75 Å². The van der Waals surface area contributed by atoms with Crippen LogP contribution in [0.2, 0.25) is 0 Å². The van der Waals surface area contributed by atoms with Crippen LogP contribution in [0.4, 0.5) is 29.5 Å². The average molecular weight is 395 g/mol. The number of carbonyl (C=O) groups excluding carboxylic acids is 1. The summed E-state index contributed by atoms with van der Waals surface area (Å²) in [6.45, 7) is 0.960. The fraction of sp³-hybridized carbons (Fsp3) is 0.389. The molecule has 0 unspecified atom stereocenters. The van der Waals surface area contributed by atoms with E-state index >= 15 is 0 Å². The van der Waals surface area contributed by atoms with E-state index in [9.17, 15) is 18.0 Å². The van der Waals surface area contributed by atoms with Crippen molar-refractivity contribution in [2.45, 2.75) is 25.1 Å². The number of benzene rings is 1. The molecular formula is C18H20F3N5O2. The van der Waals surface area contributed by atoms with Crippen molar-refractivity contribution in [3.63, 3.8) is 0 Å². The molecule has 1 aromatic carbocycles. The average Bonchev–Trinajstić information content (AvgIpc) is 2.68. The molecule has 2 amide bonds. The standard InChI is InChI=1S/C18H20F3N5O2/c1-28-14-5-3-2-4-13(14)25-17(27)24-12-6-8-26(9-7-12)16-10-15(18(19,20)21)22-11-23-16/h2-5,10-12H,6-9H2,1H3,(H2,24,25,27). The lowest BCUT2D eigenvalue weighted by atomic mass is 10.1. The molecule has 0 spiro atoms. The van der Waals surface area contributed by atoms with Gasteiger partial charge in [0.2, 0.25) is 0 Å². The Morgan fingerprint density at radius 2 is 1.93 bits per heavy atom. The topological polar surface area (TPSA) is 79.4 Å². The Kier molecular flexibility index (Phi) is 5.86. The molecule has 150 valence electrons. The molecule has 0 radical (unpaired) electrons. The lowest BCUT2D eigenvalue weighted by Gasteiger charge is -2.33. The number of methoxy groups -OCH3 is 1. The number of nitrogens with one attached hydrogen (secondary N) is 2. The second-order valence-electron chi connectivity index (χ2n) is 6.32. The summed E-state index contributed by atoms with van der Waals surface area (Å²) in [4.78, 5) is 21.2. The number of hydrogen-bond donors (Lipinski definition) is 2. The third-order valence-corrected chi connectivity index (χ3v) is 4.45. The minimum atomic E-state index is -4.51. The van der Waals surface area contributed by atoms with Crippen molar-refractivity contribution >= 4 is 17.5 Å². The molecule has 3 rings (SSSR count). The van der Waals surface area contributed by atoms with Crippen LogP contribution in [0.15, 0.2) is 36.7 Å². The number of para-hydroxylation sites is 2. The van der Waals surface area contributed by atoms with Crippen LogP contribution in [-0.4, -0.2) is 42.2 Å². The number of hydrogen-bond acceptors (Lipinski definition) is 5. The lowest BCUT2D eigenvalue weighted by Crippen LogP contribution is -2.46. The summed E-state index contributed by atoms with van der Waals surface area (Å²) in [7, 11) is 1.52. The summed E-state index contributed by atoms with van der Waals surface area (Å²) < 4.78 is 43.6. The molecule has 1 aromatic heterocycles. The van der Waals surface area contributed by atoms with E-state index in [4.69, 9.17) is 4.74 Å². The molecule has 1 aliphatic heterocycles. The number of nitrogens with zero attached hydrogens (tertiary/aromatic N) is 3. The van der Waals surface area contributed by atoms with Gasteiger partial charge in [-0.3, -0.25) is 0 Å². The Hall–Kier alpha value is -3.04. The monoisotopic (exact) mass is 395 g/mol. The van der Waals surface area contributed by atoms with Crippen molar-refractivity contribution in [3.05, 3.63) is 42.4 Å². The largest absolute Gasteiger partial charge is 0.495 e. The highest BCUT2D eigenvalue weighted by atomic mass is 19.4. The molecule has 28 heavy (non-hydrogen) atoms. The number of aromatic nitrogens is 2. The van der Waals surface area contributed by atoms with Gasteiger partial charge in [0.1, 0.15) is 23.6 Å². The first-order valence-corrected chi connectivity index (χ1v) is 8.71. The molecular weight excluding hydrogens is 375 g/mol. The smallest absolute Gasteiger partial charge is 0.433 e. The van der Waals surface area contributed by atoms with Gasteiger partial charge in [-0.05, 0) is 25.0 Å². The first-order valence-electron chi connectivity index (χ1n) is 8.71. The second kappa shape index (κ2) is 8.32. The zero-order valence-corrected chi connectivity index (χ0v) is 15.2. The van der Waals surface area contributed by atoms with Crippen molar-refractivity contribution in [2.24, 2.45) is 0 Å². The first-order chi connectivity index (χ1) is 13.4. The van der Waals surface area contributed by atoms with Crippen LogP contribution in [0.5, 0.6) is 5.75 Å². The van der Waals surface area contributed by atoms with E-state index in [1.807, 2.05) is 0 Å². The number of alkyl halides is 3. The fourth-order valence-electron chi connectivity index (χ4n) is 3.02. The fourth-order valence-corrected chi connectivity index (χ4v) is 3.02. The number of halogens is 3. The van der Waals surface area contributed by atoms with E-state index in [0.717, 1.165) is 12.4 Å². The van der Waals surface area contributed by atoms with E-state index < -0.39 is 11.9 Å². The molecule has 2 heterocycles. The van der Waals surface area contributed by atoms with E-state index in [0.29, 0.717) is 37.4 Å². The Labute approximate surface area is 159 Å². The summed E-state index contributed by atoms with van der Waals surface area (Å²) in [5.74, 6) is 0.788. The minimum Gasteiger partial charge on any atom is -0.495 e. The van der Waals surface area contributed by atoms with Gasteiger partial charge in [-0.15, -0.1) is 0 Å². The molecule has 1 fully saturated rings. The predicted octanol–water partition coefficient (Wildman–Crippen LogP) is 3.29. The summed E-state index contributed by atoms with van der Waals surface area (Å²) in [5, 5.41) is 5.62. The number of ether oxygens (including phenoxy) is 1. The van der Waals surface area contributed by atoms with E-state index in [-0.39, 0.29) is 17.9 Å². The van der Waals surface area contributed by atoms with Crippen molar-refractivity contribution in [1.29, 1.82) is 0 Å². The van der Waals surface area contributed by atoms with Crippen LogP contribution < -0.4 is 20.3 Å². The number of anilines is 2. The maximum Gasteiger partial charge on any atom is 0.433 e. The summed E-state index contributed by atoms with van der Waals surface area (Å²) in [5.41, 5.74) is -0.408. The van der Waals surface area contributed by atoms with Gasteiger partial charge in [0.15, 0.2) is 0 Å². The molecule has 10 heteroatoms. The van der Waals surface area contributed by atoms with Gasteiger partial charge in [0, 0.05) is 25.2 Å². The number of urea groups is 1. The van der Waals surface area contributed by atoms with Crippen LogP contribution in [0.3, 0.4) is 0 Å². The zero-order valence-electron chi connectivity index (χ0n) is 15.2. The molecule has 2 aromatic rings. The quantitative estimate of drug-likeness (QED) is 0.831.